The molecule has 1 aromatic carbocycles. The van der Waals surface area contributed by atoms with E-state index in [1.165, 1.54) is 0 Å². The smallest absolute Gasteiger partial charge is 0.131 e. The zero-order chi connectivity index (χ0) is 11.4. The van der Waals surface area contributed by atoms with Gasteiger partial charge in [-0.05, 0) is 25.5 Å². The summed E-state index contributed by atoms with van der Waals surface area (Å²) in [5, 5.41) is 9.60. The fourth-order valence-corrected chi connectivity index (χ4v) is 1.72. The third-order valence-corrected chi connectivity index (χ3v) is 2.48. The maximum atomic E-state index is 9.60. The van der Waals surface area contributed by atoms with Crippen LogP contribution in [0.3, 0.4) is 0 Å². The Morgan fingerprint density at radius 1 is 1.27 bits per heavy atom. The van der Waals surface area contributed by atoms with E-state index < -0.39 is 6.10 Å². The minimum Gasteiger partial charge on any atom is -0.496 e. The SMILES string of the molecule is CCc1c(OC)ccc(C(C)O)c1OC. The van der Waals surface area contributed by atoms with Gasteiger partial charge in [-0.25, -0.2) is 0 Å². The molecule has 3 nitrogen and oxygen atoms in total. The van der Waals surface area contributed by atoms with Crippen molar-refractivity contribution in [3.05, 3.63) is 23.3 Å². The highest BCUT2D eigenvalue weighted by molar-refractivity contribution is 5.50. The van der Waals surface area contributed by atoms with E-state index in [9.17, 15) is 5.11 Å². The average Bonchev–Trinajstić information content (AvgIpc) is 2.26. The summed E-state index contributed by atoms with van der Waals surface area (Å²) in [5.41, 5.74) is 1.80. The topological polar surface area (TPSA) is 38.7 Å². The van der Waals surface area contributed by atoms with E-state index in [0.717, 1.165) is 29.0 Å². The Kier molecular flexibility index (Phi) is 3.97. The van der Waals surface area contributed by atoms with Gasteiger partial charge in [0.2, 0.25) is 0 Å². The van der Waals surface area contributed by atoms with Crippen molar-refractivity contribution in [2.24, 2.45) is 0 Å². The number of aliphatic hydroxyl groups is 1. The van der Waals surface area contributed by atoms with Crippen LogP contribution in [0.15, 0.2) is 12.1 Å². The summed E-state index contributed by atoms with van der Waals surface area (Å²) in [6.07, 6.45) is 0.281. The van der Waals surface area contributed by atoms with E-state index in [-0.39, 0.29) is 0 Å². The van der Waals surface area contributed by atoms with Crippen molar-refractivity contribution in [2.45, 2.75) is 26.4 Å². The first-order valence-corrected chi connectivity index (χ1v) is 5.07. The lowest BCUT2D eigenvalue weighted by Crippen LogP contribution is -2.02. The zero-order valence-corrected chi connectivity index (χ0v) is 9.70. The third kappa shape index (κ3) is 2.23. The van der Waals surface area contributed by atoms with Crippen LogP contribution in [0.4, 0.5) is 0 Å². The van der Waals surface area contributed by atoms with Gasteiger partial charge in [0.25, 0.3) is 0 Å². The molecule has 1 rings (SSSR count). The molecule has 0 spiro atoms. The Morgan fingerprint density at radius 3 is 2.33 bits per heavy atom. The average molecular weight is 210 g/mol. The van der Waals surface area contributed by atoms with Gasteiger partial charge in [-0.3, -0.25) is 0 Å². The van der Waals surface area contributed by atoms with E-state index in [1.54, 1.807) is 21.1 Å². The van der Waals surface area contributed by atoms with E-state index in [4.69, 9.17) is 9.47 Å². The molecular formula is C12H18O3. The van der Waals surface area contributed by atoms with Gasteiger partial charge in [0.05, 0.1) is 20.3 Å². The van der Waals surface area contributed by atoms with E-state index in [2.05, 4.69) is 0 Å². The second kappa shape index (κ2) is 5.03. The van der Waals surface area contributed by atoms with Gasteiger partial charge in [0, 0.05) is 11.1 Å². The van der Waals surface area contributed by atoms with E-state index in [1.807, 2.05) is 19.1 Å². The molecule has 1 N–H and O–H groups in total. The Balaban J connectivity index is 3.34. The number of rotatable bonds is 4. The maximum Gasteiger partial charge on any atom is 0.131 e. The molecule has 0 aromatic heterocycles. The van der Waals surface area contributed by atoms with Crippen LogP contribution in [0.1, 0.15) is 31.1 Å². The van der Waals surface area contributed by atoms with Gasteiger partial charge in [-0.15, -0.1) is 0 Å². The molecule has 0 saturated heterocycles. The zero-order valence-electron chi connectivity index (χ0n) is 9.70. The third-order valence-electron chi connectivity index (χ3n) is 2.48. The van der Waals surface area contributed by atoms with Crippen LogP contribution in [0.25, 0.3) is 0 Å². The minimum absolute atomic E-state index is 0.531. The Morgan fingerprint density at radius 2 is 1.93 bits per heavy atom. The van der Waals surface area contributed by atoms with E-state index >= 15 is 0 Å². The minimum atomic E-state index is -0.531. The summed E-state index contributed by atoms with van der Waals surface area (Å²) in [7, 11) is 3.25. The molecule has 0 fully saturated rings. The molecule has 1 atom stereocenters. The summed E-state index contributed by atoms with van der Waals surface area (Å²) in [6, 6.07) is 3.70. The van der Waals surface area contributed by atoms with Gasteiger partial charge < -0.3 is 14.6 Å². The lowest BCUT2D eigenvalue weighted by molar-refractivity contribution is 0.194. The molecule has 0 radical (unpaired) electrons. The summed E-state index contributed by atoms with van der Waals surface area (Å²) in [4.78, 5) is 0. The first kappa shape index (κ1) is 11.9. The summed E-state index contributed by atoms with van der Waals surface area (Å²) in [5.74, 6) is 1.53. The molecule has 1 aromatic rings. The standard InChI is InChI=1S/C12H18O3/c1-5-9-11(14-3)7-6-10(8(2)13)12(9)15-4/h6-8,13H,5H2,1-4H3. The maximum absolute atomic E-state index is 9.60. The largest absolute Gasteiger partial charge is 0.496 e. The Hall–Kier alpha value is -1.22. The molecular weight excluding hydrogens is 192 g/mol. The van der Waals surface area contributed by atoms with Crippen molar-refractivity contribution in [1.82, 2.24) is 0 Å². The van der Waals surface area contributed by atoms with Gasteiger partial charge in [0.1, 0.15) is 11.5 Å². The highest BCUT2D eigenvalue weighted by Crippen LogP contribution is 2.35. The quantitative estimate of drug-likeness (QED) is 0.828. The normalized spacial score (nSPS) is 12.3. The molecule has 0 bridgehead atoms. The highest BCUT2D eigenvalue weighted by Gasteiger charge is 2.15. The van der Waals surface area contributed by atoms with Crippen LogP contribution in [-0.2, 0) is 6.42 Å². The number of hydrogen-bond donors (Lipinski definition) is 1. The van der Waals surface area contributed by atoms with Gasteiger partial charge in [-0.2, -0.15) is 0 Å². The molecule has 0 amide bonds. The van der Waals surface area contributed by atoms with Gasteiger partial charge in [-0.1, -0.05) is 6.92 Å². The van der Waals surface area contributed by atoms with Crippen LogP contribution >= 0.6 is 0 Å². The monoisotopic (exact) mass is 210 g/mol. The van der Waals surface area contributed by atoms with Crippen LogP contribution in [0.5, 0.6) is 11.5 Å². The summed E-state index contributed by atoms with van der Waals surface area (Å²) in [6.45, 7) is 3.76. The highest BCUT2D eigenvalue weighted by atomic mass is 16.5. The second-order valence-corrected chi connectivity index (χ2v) is 3.40. The lowest BCUT2D eigenvalue weighted by atomic mass is 10.0. The van der Waals surface area contributed by atoms with Gasteiger partial charge in [0.15, 0.2) is 0 Å². The lowest BCUT2D eigenvalue weighted by Gasteiger charge is -2.17. The van der Waals surface area contributed by atoms with Crippen LogP contribution in [0, 0.1) is 0 Å². The number of methoxy groups -OCH3 is 2. The van der Waals surface area contributed by atoms with Crippen molar-refractivity contribution in [3.63, 3.8) is 0 Å². The van der Waals surface area contributed by atoms with Crippen molar-refractivity contribution in [3.8, 4) is 11.5 Å². The van der Waals surface area contributed by atoms with Crippen LogP contribution in [0.2, 0.25) is 0 Å². The Bertz CT molecular complexity index is 332. The van der Waals surface area contributed by atoms with Crippen molar-refractivity contribution < 1.29 is 14.6 Å². The van der Waals surface area contributed by atoms with Crippen molar-refractivity contribution >= 4 is 0 Å². The molecule has 0 aliphatic carbocycles. The fraction of sp³-hybridized carbons (Fsp3) is 0.500. The van der Waals surface area contributed by atoms with Crippen molar-refractivity contribution in [2.75, 3.05) is 14.2 Å². The molecule has 3 heteroatoms. The molecule has 84 valence electrons. The molecule has 0 saturated carbocycles. The first-order chi connectivity index (χ1) is 7.15. The second-order valence-electron chi connectivity index (χ2n) is 3.40. The van der Waals surface area contributed by atoms with Gasteiger partial charge >= 0.3 is 0 Å². The first-order valence-electron chi connectivity index (χ1n) is 5.07. The number of hydrogen-bond acceptors (Lipinski definition) is 3. The summed E-state index contributed by atoms with van der Waals surface area (Å²) < 4.78 is 10.6. The predicted octanol–water partition coefficient (Wildman–Crippen LogP) is 2.32. The number of ether oxygens (including phenoxy) is 2. The fourth-order valence-electron chi connectivity index (χ4n) is 1.72. The molecule has 0 aliphatic heterocycles. The predicted molar refractivity (Wildman–Crippen MR) is 59.6 cm³/mol. The van der Waals surface area contributed by atoms with Crippen molar-refractivity contribution in [1.29, 1.82) is 0 Å². The van der Waals surface area contributed by atoms with E-state index in [0.29, 0.717) is 0 Å². The molecule has 0 heterocycles. The number of benzene rings is 1. The number of aliphatic hydroxyl groups excluding tert-OH is 1. The van der Waals surface area contributed by atoms with Crippen LogP contribution in [-0.4, -0.2) is 19.3 Å². The molecule has 15 heavy (non-hydrogen) atoms. The molecule has 0 aliphatic rings. The molecule has 1 unspecified atom stereocenters. The summed E-state index contributed by atoms with van der Waals surface area (Å²) >= 11 is 0. The Labute approximate surface area is 90.6 Å². The van der Waals surface area contributed by atoms with Crippen LogP contribution < -0.4 is 9.47 Å².